The minimum Gasteiger partial charge on any atom is -0.310 e. The molecule has 0 atom stereocenters. The number of hydrogen-bond donors (Lipinski definition) is 0. The van der Waals surface area contributed by atoms with Crippen LogP contribution in [0.4, 0.5) is 17.1 Å². The van der Waals surface area contributed by atoms with Crippen LogP contribution in [0.15, 0.2) is 188 Å². The summed E-state index contributed by atoms with van der Waals surface area (Å²) in [7, 11) is 0. The Morgan fingerprint density at radius 1 is 0.317 bits per heavy atom. The van der Waals surface area contributed by atoms with Gasteiger partial charge in [-0.3, -0.25) is 0 Å². The molecule has 0 saturated carbocycles. The van der Waals surface area contributed by atoms with Crippen molar-refractivity contribution >= 4 is 17.1 Å². The fraction of sp³-hybridized carbons (Fsp3) is 0.186. The Morgan fingerprint density at radius 3 is 1.42 bits per heavy atom. The molecule has 0 radical (unpaired) electrons. The SMILES string of the molecule is CC1(C)CCC(C)(C)c2cc(-c3ccc(-c4cc5c(cc4N(c4ccccc4)c4ccc(-c6ccc(-c7ccccc7)cc6)cc4)C(C)(C)c4ccccc4-5)cc3)ccc21. The monoisotopic (exact) mass is 775 g/mol. The van der Waals surface area contributed by atoms with Crippen LogP contribution in [0.2, 0.25) is 0 Å². The lowest BCUT2D eigenvalue weighted by Gasteiger charge is -2.42. The Morgan fingerprint density at radius 2 is 0.783 bits per heavy atom. The van der Waals surface area contributed by atoms with Gasteiger partial charge in [-0.15, -0.1) is 0 Å². The van der Waals surface area contributed by atoms with Crippen LogP contribution in [0.5, 0.6) is 0 Å². The summed E-state index contributed by atoms with van der Waals surface area (Å²) in [5.74, 6) is 0. The van der Waals surface area contributed by atoms with Crippen LogP contribution >= 0.6 is 0 Å². The lowest BCUT2D eigenvalue weighted by molar-refractivity contribution is 0.332. The highest BCUT2D eigenvalue weighted by molar-refractivity contribution is 5.95. The third-order valence-corrected chi connectivity index (χ3v) is 13.8. The Hall–Kier alpha value is -6.44. The molecule has 294 valence electrons. The summed E-state index contributed by atoms with van der Waals surface area (Å²) < 4.78 is 0. The van der Waals surface area contributed by atoms with E-state index in [9.17, 15) is 0 Å². The highest BCUT2D eigenvalue weighted by atomic mass is 15.1. The van der Waals surface area contributed by atoms with Gasteiger partial charge in [-0.25, -0.2) is 0 Å². The molecule has 2 aliphatic rings. The Bertz CT molecular complexity index is 2840. The van der Waals surface area contributed by atoms with E-state index in [-0.39, 0.29) is 16.2 Å². The second kappa shape index (κ2) is 14.4. The zero-order valence-corrected chi connectivity index (χ0v) is 35.8. The molecule has 60 heavy (non-hydrogen) atoms. The van der Waals surface area contributed by atoms with E-state index >= 15 is 0 Å². The lowest BCUT2D eigenvalue weighted by Crippen LogP contribution is -2.33. The molecule has 1 nitrogen and oxygen atoms in total. The van der Waals surface area contributed by atoms with Gasteiger partial charge in [0, 0.05) is 22.4 Å². The molecule has 0 aromatic heterocycles. The fourth-order valence-electron chi connectivity index (χ4n) is 10.1. The second-order valence-corrected chi connectivity index (χ2v) is 18.9. The van der Waals surface area contributed by atoms with Crippen molar-refractivity contribution in [3.63, 3.8) is 0 Å². The van der Waals surface area contributed by atoms with Crippen molar-refractivity contribution in [3.8, 4) is 55.6 Å². The van der Waals surface area contributed by atoms with E-state index in [4.69, 9.17) is 0 Å². The van der Waals surface area contributed by atoms with Gasteiger partial charge in [0.2, 0.25) is 0 Å². The highest BCUT2D eigenvalue weighted by Crippen LogP contribution is 2.54. The van der Waals surface area contributed by atoms with Crippen LogP contribution in [0.25, 0.3) is 55.6 Å². The molecule has 0 aliphatic heterocycles. The second-order valence-electron chi connectivity index (χ2n) is 18.9. The first-order chi connectivity index (χ1) is 29.0. The largest absolute Gasteiger partial charge is 0.310 e. The van der Waals surface area contributed by atoms with Gasteiger partial charge in [-0.1, -0.05) is 193 Å². The van der Waals surface area contributed by atoms with Gasteiger partial charge >= 0.3 is 0 Å². The summed E-state index contributed by atoms with van der Waals surface area (Å²) >= 11 is 0. The van der Waals surface area contributed by atoms with Crippen molar-refractivity contribution in [1.29, 1.82) is 0 Å². The third kappa shape index (κ3) is 6.49. The lowest BCUT2D eigenvalue weighted by atomic mass is 9.63. The molecule has 1 heteroatoms. The van der Waals surface area contributed by atoms with Gasteiger partial charge in [0.15, 0.2) is 0 Å². The van der Waals surface area contributed by atoms with E-state index < -0.39 is 0 Å². The number of rotatable bonds is 7. The van der Waals surface area contributed by atoms with E-state index in [2.05, 4.69) is 234 Å². The van der Waals surface area contributed by atoms with Crippen molar-refractivity contribution in [3.05, 3.63) is 210 Å². The highest BCUT2D eigenvalue weighted by Gasteiger charge is 2.38. The van der Waals surface area contributed by atoms with Gasteiger partial charge in [0.25, 0.3) is 0 Å². The maximum absolute atomic E-state index is 2.48. The average Bonchev–Trinajstić information content (AvgIpc) is 3.51. The van der Waals surface area contributed by atoms with Crippen LogP contribution < -0.4 is 4.90 Å². The van der Waals surface area contributed by atoms with Gasteiger partial charge in [0.1, 0.15) is 0 Å². The molecule has 2 aliphatic carbocycles. The molecule has 0 amide bonds. The first kappa shape index (κ1) is 37.8. The van der Waals surface area contributed by atoms with E-state index in [1.165, 1.54) is 96.4 Å². The molecule has 0 saturated heterocycles. The normalized spacial score (nSPS) is 15.4. The zero-order valence-electron chi connectivity index (χ0n) is 35.8. The number of anilines is 3. The van der Waals surface area contributed by atoms with Crippen LogP contribution in [0, 0.1) is 0 Å². The predicted octanol–water partition coefficient (Wildman–Crippen LogP) is 16.5. The van der Waals surface area contributed by atoms with Crippen molar-refractivity contribution in [2.24, 2.45) is 0 Å². The molecule has 8 aromatic rings. The summed E-state index contributed by atoms with van der Waals surface area (Å²) in [6.07, 6.45) is 2.43. The van der Waals surface area contributed by atoms with Gasteiger partial charge in [0.05, 0.1) is 5.69 Å². The summed E-state index contributed by atoms with van der Waals surface area (Å²) in [4.78, 5) is 2.46. The Balaban J connectivity index is 1.09. The van der Waals surface area contributed by atoms with Crippen molar-refractivity contribution in [2.75, 3.05) is 4.90 Å². The number of fused-ring (bicyclic) bond motifs is 4. The Kier molecular flexibility index (Phi) is 9.06. The van der Waals surface area contributed by atoms with Crippen molar-refractivity contribution in [1.82, 2.24) is 0 Å². The fourth-order valence-corrected chi connectivity index (χ4v) is 10.1. The molecular weight excluding hydrogens is 723 g/mol. The van der Waals surface area contributed by atoms with Crippen molar-refractivity contribution < 1.29 is 0 Å². The molecule has 0 bridgehead atoms. The molecule has 8 aromatic carbocycles. The smallest absolute Gasteiger partial charge is 0.0543 e. The van der Waals surface area contributed by atoms with E-state index in [1.54, 1.807) is 0 Å². The molecule has 0 N–H and O–H groups in total. The third-order valence-electron chi connectivity index (χ3n) is 13.8. The summed E-state index contributed by atoms with van der Waals surface area (Å²) in [6, 6.07) is 70.0. The number of para-hydroxylation sites is 1. The van der Waals surface area contributed by atoms with Crippen LogP contribution in [-0.4, -0.2) is 0 Å². The molecule has 0 fully saturated rings. The summed E-state index contributed by atoms with van der Waals surface area (Å²) in [5.41, 5.74) is 21.8. The standard InChI is InChI=1S/C59H53N/c1-57(2)35-36-58(3,4)55-37-46(31-34-53(55)57)44-25-27-45(28-26-44)50-38-51-49-19-13-14-20-52(49)59(5,6)54(51)39-56(50)60(47-17-11-8-12-18-47)48-32-29-43(30-33-48)42-23-21-41(22-24-42)40-15-9-7-10-16-40/h7-34,37-39H,35-36H2,1-6H3. The quantitative estimate of drug-likeness (QED) is 0.156. The van der Waals surface area contributed by atoms with Crippen LogP contribution in [0.1, 0.15) is 76.6 Å². The van der Waals surface area contributed by atoms with E-state index in [1.807, 2.05) is 0 Å². The number of nitrogens with zero attached hydrogens (tertiary/aromatic N) is 1. The molecule has 0 heterocycles. The minimum atomic E-state index is -0.143. The molecule has 10 rings (SSSR count). The first-order valence-electron chi connectivity index (χ1n) is 21.6. The van der Waals surface area contributed by atoms with Crippen molar-refractivity contribution in [2.45, 2.75) is 70.6 Å². The maximum Gasteiger partial charge on any atom is 0.0543 e. The molecule has 0 spiro atoms. The summed E-state index contributed by atoms with van der Waals surface area (Å²) in [6.45, 7) is 14.4. The number of benzene rings is 8. The van der Waals surface area contributed by atoms with Crippen LogP contribution in [0.3, 0.4) is 0 Å². The molecular formula is C59H53N. The number of hydrogen-bond acceptors (Lipinski definition) is 1. The topological polar surface area (TPSA) is 3.24 Å². The van der Waals surface area contributed by atoms with Gasteiger partial charge < -0.3 is 4.90 Å². The first-order valence-corrected chi connectivity index (χ1v) is 21.6. The zero-order chi connectivity index (χ0) is 41.2. The van der Waals surface area contributed by atoms with Gasteiger partial charge in [-0.05, 0) is 132 Å². The summed E-state index contributed by atoms with van der Waals surface area (Å²) in [5, 5.41) is 0. The average molecular weight is 776 g/mol. The maximum atomic E-state index is 2.48. The van der Waals surface area contributed by atoms with Crippen LogP contribution in [-0.2, 0) is 16.2 Å². The minimum absolute atomic E-state index is 0.143. The predicted molar refractivity (Wildman–Crippen MR) is 256 cm³/mol. The Labute approximate surface area is 357 Å². The molecule has 0 unspecified atom stereocenters. The van der Waals surface area contributed by atoms with Gasteiger partial charge in [-0.2, -0.15) is 0 Å². The van der Waals surface area contributed by atoms with E-state index in [0.717, 1.165) is 11.4 Å². The van der Waals surface area contributed by atoms with E-state index in [0.29, 0.717) is 0 Å².